The van der Waals surface area contributed by atoms with Crippen molar-refractivity contribution in [1.82, 2.24) is 4.90 Å². The molecule has 17 heavy (non-hydrogen) atoms. The highest BCUT2D eigenvalue weighted by atomic mass is 16.5. The van der Waals surface area contributed by atoms with Crippen molar-refractivity contribution in [1.29, 1.82) is 0 Å². The Hall–Kier alpha value is -1.10. The Bertz CT molecular complexity index is 263. The Morgan fingerprint density at radius 2 is 1.94 bits per heavy atom. The number of hydrogen-bond donors (Lipinski definition) is 0. The predicted octanol–water partition coefficient (Wildman–Crippen LogP) is 0.825. The lowest BCUT2D eigenvalue weighted by molar-refractivity contribution is -0.143. The zero-order valence-corrected chi connectivity index (χ0v) is 10.6. The van der Waals surface area contributed by atoms with Gasteiger partial charge in [-0.25, -0.2) is 0 Å². The van der Waals surface area contributed by atoms with Crippen LogP contribution in [0.1, 0.15) is 25.7 Å². The first-order valence-corrected chi connectivity index (χ1v) is 6.03. The Morgan fingerprint density at radius 1 is 1.24 bits per heavy atom. The fourth-order valence-corrected chi connectivity index (χ4v) is 1.78. The summed E-state index contributed by atoms with van der Waals surface area (Å²) >= 11 is 0. The minimum absolute atomic E-state index is 0.150. The van der Waals surface area contributed by atoms with Crippen molar-refractivity contribution in [3.8, 4) is 0 Å². The lowest BCUT2D eigenvalue weighted by Crippen LogP contribution is -2.41. The minimum Gasteiger partial charge on any atom is -0.469 e. The third kappa shape index (κ3) is 4.34. The number of carbonyl (C=O) groups excluding carboxylic acids is 2. The third-order valence-corrected chi connectivity index (χ3v) is 3.14. The minimum atomic E-state index is -0.283. The molecule has 0 atom stereocenters. The number of amides is 1. The van der Waals surface area contributed by atoms with Gasteiger partial charge in [0.05, 0.1) is 20.1 Å². The van der Waals surface area contributed by atoms with Crippen molar-refractivity contribution in [2.24, 2.45) is 5.92 Å². The lowest BCUT2D eigenvalue weighted by Gasteiger charge is -2.31. The van der Waals surface area contributed by atoms with Crippen molar-refractivity contribution in [2.45, 2.75) is 25.7 Å². The quantitative estimate of drug-likeness (QED) is 0.621. The van der Waals surface area contributed by atoms with E-state index in [0.29, 0.717) is 19.7 Å². The summed E-state index contributed by atoms with van der Waals surface area (Å²) < 4.78 is 9.55. The van der Waals surface area contributed by atoms with Crippen LogP contribution in [-0.2, 0) is 19.1 Å². The molecular formula is C12H21NO4. The van der Waals surface area contributed by atoms with Crippen molar-refractivity contribution in [2.75, 3.05) is 33.9 Å². The Kier molecular flexibility index (Phi) is 5.97. The van der Waals surface area contributed by atoms with Crippen molar-refractivity contribution < 1.29 is 19.1 Å². The van der Waals surface area contributed by atoms with E-state index in [9.17, 15) is 9.59 Å². The number of hydrogen-bond acceptors (Lipinski definition) is 4. The van der Waals surface area contributed by atoms with Crippen LogP contribution in [0.5, 0.6) is 0 Å². The first-order valence-electron chi connectivity index (χ1n) is 6.03. The van der Waals surface area contributed by atoms with Gasteiger partial charge < -0.3 is 14.4 Å². The summed E-state index contributed by atoms with van der Waals surface area (Å²) in [6, 6.07) is 0. The van der Waals surface area contributed by atoms with Gasteiger partial charge in [0, 0.05) is 26.1 Å². The van der Waals surface area contributed by atoms with Crippen LogP contribution in [0.15, 0.2) is 0 Å². The average Bonchev–Trinajstić information content (AvgIpc) is 2.26. The average molecular weight is 243 g/mol. The summed E-state index contributed by atoms with van der Waals surface area (Å²) in [5.74, 6) is 0.0236. The molecule has 0 unspecified atom stereocenters. The van der Waals surface area contributed by atoms with Crippen LogP contribution in [0.4, 0.5) is 0 Å². The van der Waals surface area contributed by atoms with E-state index in [1.54, 1.807) is 12.0 Å². The van der Waals surface area contributed by atoms with Crippen molar-refractivity contribution in [3.05, 3.63) is 0 Å². The molecule has 1 fully saturated rings. The van der Waals surface area contributed by atoms with E-state index in [0.717, 1.165) is 19.3 Å². The summed E-state index contributed by atoms with van der Waals surface area (Å²) in [4.78, 5) is 24.8. The van der Waals surface area contributed by atoms with Crippen LogP contribution in [0, 0.1) is 5.92 Å². The standard InChI is InChI=1S/C12H21NO4/c1-16-9-8-13(7-6-11(14)17-2)12(15)10-4-3-5-10/h10H,3-9H2,1-2H3. The van der Waals surface area contributed by atoms with Gasteiger partial charge in [-0.1, -0.05) is 6.42 Å². The van der Waals surface area contributed by atoms with Crippen LogP contribution in [0.3, 0.4) is 0 Å². The Balaban J connectivity index is 2.40. The van der Waals surface area contributed by atoms with E-state index in [1.165, 1.54) is 7.11 Å². The number of ether oxygens (including phenoxy) is 2. The molecule has 0 aromatic rings. The monoisotopic (exact) mass is 243 g/mol. The molecule has 0 heterocycles. The van der Waals surface area contributed by atoms with Crippen LogP contribution in [0.2, 0.25) is 0 Å². The van der Waals surface area contributed by atoms with E-state index in [-0.39, 0.29) is 24.2 Å². The Morgan fingerprint density at radius 3 is 2.41 bits per heavy atom. The highest BCUT2D eigenvalue weighted by Crippen LogP contribution is 2.28. The molecule has 0 radical (unpaired) electrons. The largest absolute Gasteiger partial charge is 0.469 e. The Labute approximate surface area is 102 Å². The van der Waals surface area contributed by atoms with Gasteiger partial charge in [-0.05, 0) is 12.8 Å². The number of rotatable bonds is 7. The smallest absolute Gasteiger partial charge is 0.307 e. The van der Waals surface area contributed by atoms with Gasteiger partial charge in [0.15, 0.2) is 0 Å². The zero-order valence-electron chi connectivity index (χ0n) is 10.6. The molecular weight excluding hydrogens is 222 g/mol. The summed E-state index contributed by atoms with van der Waals surface area (Å²) in [7, 11) is 2.96. The van der Waals surface area contributed by atoms with Crippen LogP contribution >= 0.6 is 0 Å². The van der Waals surface area contributed by atoms with Crippen molar-refractivity contribution in [3.63, 3.8) is 0 Å². The van der Waals surface area contributed by atoms with Crippen LogP contribution in [0.25, 0.3) is 0 Å². The van der Waals surface area contributed by atoms with Gasteiger partial charge in [-0.2, -0.15) is 0 Å². The van der Waals surface area contributed by atoms with Gasteiger partial charge in [-0.15, -0.1) is 0 Å². The molecule has 98 valence electrons. The second-order valence-corrected chi connectivity index (χ2v) is 4.27. The first-order chi connectivity index (χ1) is 8.19. The number of carbonyl (C=O) groups is 2. The van der Waals surface area contributed by atoms with E-state index >= 15 is 0 Å². The molecule has 5 heteroatoms. The van der Waals surface area contributed by atoms with Crippen LogP contribution in [-0.4, -0.2) is 50.7 Å². The molecule has 0 N–H and O–H groups in total. The summed E-state index contributed by atoms with van der Waals surface area (Å²) in [6.07, 6.45) is 3.32. The molecule has 1 saturated carbocycles. The molecule has 0 aromatic carbocycles. The molecule has 0 aliphatic heterocycles. The highest BCUT2D eigenvalue weighted by molar-refractivity contribution is 5.80. The molecule has 0 bridgehead atoms. The summed E-state index contributed by atoms with van der Waals surface area (Å²) in [5.41, 5.74) is 0. The summed E-state index contributed by atoms with van der Waals surface area (Å²) in [5, 5.41) is 0. The molecule has 1 aliphatic carbocycles. The summed E-state index contributed by atoms with van der Waals surface area (Å²) in [6.45, 7) is 1.47. The molecule has 5 nitrogen and oxygen atoms in total. The van der Waals surface area contributed by atoms with E-state index in [2.05, 4.69) is 4.74 Å². The maximum Gasteiger partial charge on any atom is 0.307 e. The highest BCUT2D eigenvalue weighted by Gasteiger charge is 2.29. The van der Waals surface area contributed by atoms with E-state index in [4.69, 9.17) is 4.74 Å². The lowest BCUT2D eigenvalue weighted by atomic mass is 9.84. The second-order valence-electron chi connectivity index (χ2n) is 4.27. The molecule has 1 aliphatic rings. The number of methoxy groups -OCH3 is 2. The molecule has 0 spiro atoms. The van der Waals surface area contributed by atoms with Gasteiger partial charge in [0.2, 0.25) is 5.91 Å². The van der Waals surface area contributed by atoms with Gasteiger partial charge in [0.1, 0.15) is 0 Å². The van der Waals surface area contributed by atoms with Gasteiger partial charge >= 0.3 is 5.97 Å². The molecule has 0 aromatic heterocycles. The normalized spacial score (nSPS) is 15.2. The first kappa shape index (κ1) is 14.0. The maximum absolute atomic E-state index is 12.1. The van der Waals surface area contributed by atoms with Crippen LogP contribution < -0.4 is 0 Å². The molecule has 0 saturated heterocycles. The zero-order chi connectivity index (χ0) is 12.7. The van der Waals surface area contributed by atoms with Gasteiger partial charge in [0.25, 0.3) is 0 Å². The molecule has 1 rings (SSSR count). The predicted molar refractivity (Wildman–Crippen MR) is 62.4 cm³/mol. The fourth-order valence-electron chi connectivity index (χ4n) is 1.78. The topological polar surface area (TPSA) is 55.8 Å². The fraction of sp³-hybridized carbons (Fsp3) is 0.833. The number of esters is 1. The van der Waals surface area contributed by atoms with E-state index < -0.39 is 0 Å². The van der Waals surface area contributed by atoms with Crippen molar-refractivity contribution >= 4 is 11.9 Å². The van der Waals surface area contributed by atoms with Gasteiger partial charge in [-0.3, -0.25) is 9.59 Å². The molecule has 1 amide bonds. The SMILES string of the molecule is COCCN(CCC(=O)OC)C(=O)C1CCC1. The number of nitrogens with zero attached hydrogens (tertiary/aromatic N) is 1. The third-order valence-electron chi connectivity index (χ3n) is 3.14. The maximum atomic E-state index is 12.1. The second kappa shape index (κ2) is 7.27. The van der Waals surface area contributed by atoms with E-state index in [1.807, 2.05) is 0 Å².